The molecule has 3 aromatic rings. The van der Waals surface area contributed by atoms with Crippen LogP contribution in [0.3, 0.4) is 0 Å². The maximum absolute atomic E-state index is 13.1. The molecule has 0 unspecified atom stereocenters. The van der Waals surface area contributed by atoms with Crippen molar-refractivity contribution in [1.29, 1.82) is 0 Å². The van der Waals surface area contributed by atoms with Crippen molar-refractivity contribution in [3.8, 4) is 16.9 Å². The number of rotatable bonds is 7. The zero-order chi connectivity index (χ0) is 22.5. The second kappa shape index (κ2) is 9.82. The summed E-state index contributed by atoms with van der Waals surface area (Å²) in [5, 5.41) is 2.83. The van der Waals surface area contributed by atoms with E-state index in [4.69, 9.17) is 4.74 Å². The van der Waals surface area contributed by atoms with E-state index in [1.807, 2.05) is 26.0 Å². The van der Waals surface area contributed by atoms with Gasteiger partial charge in [-0.2, -0.15) is 0 Å². The standard InChI is InChI=1S/C24H26FN5O2/c1-16-23(17(2)28-15-27-16)20-13-19(29-24(31)21-7-5-18(25)14-26-21)6-8-22(20)32-12-11-30-9-3-4-10-30/h5-8,13-15H,3-4,9-12H2,1-2H3,(H,29,31). The molecule has 0 saturated carbocycles. The van der Waals surface area contributed by atoms with Crippen molar-refractivity contribution < 1.29 is 13.9 Å². The summed E-state index contributed by atoms with van der Waals surface area (Å²) in [4.78, 5) is 27.5. The van der Waals surface area contributed by atoms with Crippen molar-refractivity contribution in [2.24, 2.45) is 0 Å². The van der Waals surface area contributed by atoms with Crippen LogP contribution in [0, 0.1) is 19.7 Å². The summed E-state index contributed by atoms with van der Waals surface area (Å²) >= 11 is 0. The first kappa shape index (κ1) is 21.8. The molecule has 0 radical (unpaired) electrons. The molecule has 7 nitrogen and oxygen atoms in total. The van der Waals surface area contributed by atoms with Crippen LogP contribution in [-0.2, 0) is 0 Å². The average molecular weight is 436 g/mol. The normalized spacial score (nSPS) is 13.8. The topological polar surface area (TPSA) is 80.2 Å². The Bertz CT molecular complexity index is 1080. The number of ether oxygens (including phenoxy) is 1. The summed E-state index contributed by atoms with van der Waals surface area (Å²) in [7, 11) is 0. The van der Waals surface area contributed by atoms with Gasteiger partial charge in [0, 0.05) is 34.7 Å². The number of halogens is 1. The zero-order valence-corrected chi connectivity index (χ0v) is 18.3. The minimum absolute atomic E-state index is 0.134. The Kier molecular flexibility index (Phi) is 6.70. The summed E-state index contributed by atoms with van der Waals surface area (Å²) in [6, 6.07) is 8.04. The molecule has 1 N–H and O–H groups in total. The van der Waals surface area contributed by atoms with E-state index in [1.165, 1.54) is 31.3 Å². The maximum Gasteiger partial charge on any atom is 0.274 e. The summed E-state index contributed by atoms with van der Waals surface area (Å²) in [5.74, 6) is -0.200. The van der Waals surface area contributed by atoms with E-state index in [2.05, 4.69) is 25.2 Å². The van der Waals surface area contributed by atoms with Gasteiger partial charge in [0.1, 0.15) is 30.2 Å². The first-order chi connectivity index (χ1) is 15.5. The number of benzene rings is 1. The number of carbonyl (C=O) groups is 1. The van der Waals surface area contributed by atoms with Crippen LogP contribution in [0.2, 0.25) is 0 Å². The van der Waals surface area contributed by atoms with Gasteiger partial charge in [0.05, 0.1) is 6.20 Å². The molecule has 8 heteroatoms. The Morgan fingerprint density at radius 1 is 1.09 bits per heavy atom. The van der Waals surface area contributed by atoms with Gasteiger partial charge in [0.15, 0.2) is 0 Å². The molecular weight excluding hydrogens is 409 g/mol. The number of amides is 1. The van der Waals surface area contributed by atoms with Gasteiger partial charge < -0.3 is 10.1 Å². The number of nitrogens with one attached hydrogen (secondary N) is 1. The lowest BCUT2D eigenvalue weighted by molar-refractivity contribution is 0.102. The van der Waals surface area contributed by atoms with Gasteiger partial charge >= 0.3 is 0 Å². The first-order valence-corrected chi connectivity index (χ1v) is 10.7. The Morgan fingerprint density at radius 2 is 1.84 bits per heavy atom. The number of aromatic nitrogens is 3. The molecule has 1 amide bonds. The quantitative estimate of drug-likeness (QED) is 0.604. The van der Waals surface area contributed by atoms with Crippen LogP contribution in [0.5, 0.6) is 5.75 Å². The highest BCUT2D eigenvalue weighted by Gasteiger charge is 2.17. The van der Waals surface area contributed by atoms with E-state index in [0.29, 0.717) is 18.0 Å². The fraction of sp³-hybridized carbons (Fsp3) is 0.333. The number of aryl methyl sites for hydroxylation is 2. The summed E-state index contributed by atoms with van der Waals surface area (Å²) in [5.41, 5.74) is 4.04. The number of anilines is 1. The van der Waals surface area contributed by atoms with Gasteiger partial charge in [-0.25, -0.2) is 19.3 Å². The molecule has 0 atom stereocenters. The smallest absolute Gasteiger partial charge is 0.274 e. The third kappa shape index (κ3) is 5.08. The lowest BCUT2D eigenvalue weighted by Gasteiger charge is -2.18. The molecule has 1 aromatic carbocycles. The molecule has 1 aliphatic rings. The van der Waals surface area contributed by atoms with E-state index in [0.717, 1.165) is 48.3 Å². The van der Waals surface area contributed by atoms with Crippen molar-refractivity contribution in [1.82, 2.24) is 19.9 Å². The molecule has 2 aromatic heterocycles. The highest BCUT2D eigenvalue weighted by Crippen LogP contribution is 2.35. The second-order valence-electron chi connectivity index (χ2n) is 7.84. The monoisotopic (exact) mass is 435 g/mol. The molecule has 1 fully saturated rings. The van der Waals surface area contributed by atoms with Crippen LogP contribution in [0.1, 0.15) is 34.7 Å². The predicted molar refractivity (Wildman–Crippen MR) is 120 cm³/mol. The number of pyridine rings is 1. The number of hydrogen-bond donors (Lipinski definition) is 1. The molecule has 1 saturated heterocycles. The average Bonchev–Trinajstić information content (AvgIpc) is 3.29. The predicted octanol–water partition coefficient (Wildman–Crippen LogP) is 4.02. The van der Waals surface area contributed by atoms with Crippen LogP contribution in [0.15, 0.2) is 42.9 Å². The minimum atomic E-state index is -0.491. The fourth-order valence-corrected chi connectivity index (χ4v) is 3.91. The molecule has 4 rings (SSSR count). The third-order valence-electron chi connectivity index (χ3n) is 5.56. The van der Waals surface area contributed by atoms with Crippen LogP contribution in [-0.4, -0.2) is 52.0 Å². The van der Waals surface area contributed by atoms with Gasteiger partial charge in [-0.1, -0.05) is 0 Å². The molecular formula is C24H26FN5O2. The van der Waals surface area contributed by atoms with Gasteiger partial charge in [-0.05, 0) is 70.1 Å². The highest BCUT2D eigenvalue weighted by atomic mass is 19.1. The Balaban J connectivity index is 1.60. The fourth-order valence-electron chi connectivity index (χ4n) is 3.91. The summed E-state index contributed by atoms with van der Waals surface area (Å²) in [6.45, 7) is 7.52. The largest absolute Gasteiger partial charge is 0.492 e. The van der Waals surface area contributed by atoms with E-state index < -0.39 is 11.7 Å². The van der Waals surface area contributed by atoms with E-state index in [-0.39, 0.29) is 5.69 Å². The lowest BCUT2D eigenvalue weighted by Crippen LogP contribution is -2.25. The van der Waals surface area contributed by atoms with Crippen LogP contribution < -0.4 is 10.1 Å². The molecule has 0 aliphatic carbocycles. The van der Waals surface area contributed by atoms with Crippen LogP contribution in [0.25, 0.3) is 11.1 Å². The number of likely N-dealkylation sites (tertiary alicyclic amines) is 1. The Labute approximate surface area is 186 Å². The molecule has 166 valence electrons. The lowest BCUT2D eigenvalue weighted by atomic mass is 10.0. The van der Waals surface area contributed by atoms with Gasteiger partial charge in [-0.15, -0.1) is 0 Å². The second-order valence-corrected chi connectivity index (χ2v) is 7.84. The highest BCUT2D eigenvalue weighted by molar-refractivity contribution is 6.03. The van der Waals surface area contributed by atoms with E-state index >= 15 is 0 Å². The van der Waals surface area contributed by atoms with E-state index in [1.54, 1.807) is 6.07 Å². The molecule has 0 bridgehead atoms. The zero-order valence-electron chi connectivity index (χ0n) is 18.3. The van der Waals surface area contributed by atoms with Crippen LogP contribution in [0.4, 0.5) is 10.1 Å². The van der Waals surface area contributed by atoms with Crippen LogP contribution >= 0.6 is 0 Å². The third-order valence-corrected chi connectivity index (χ3v) is 5.56. The SMILES string of the molecule is Cc1ncnc(C)c1-c1cc(NC(=O)c2ccc(F)cn2)ccc1OCCN1CCCC1. The van der Waals surface area contributed by atoms with E-state index in [9.17, 15) is 9.18 Å². The molecule has 3 heterocycles. The van der Waals surface area contributed by atoms with Gasteiger partial charge in [0.2, 0.25) is 0 Å². The number of hydrogen-bond acceptors (Lipinski definition) is 6. The summed E-state index contributed by atoms with van der Waals surface area (Å²) in [6.07, 6.45) is 5.03. The summed E-state index contributed by atoms with van der Waals surface area (Å²) < 4.78 is 19.3. The Morgan fingerprint density at radius 3 is 2.53 bits per heavy atom. The van der Waals surface area contributed by atoms with Gasteiger partial charge in [-0.3, -0.25) is 9.69 Å². The van der Waals surface area contributed by atoms with Crippen molar-refractivity contribution in [2.45, 2.75) is 26.7 Å². The molecule has 0 spiro atoms. The van der Waals surface area contributed by atoms with Gasteiger partial charge in [0.25, 0.3) is 5.91 Å². The van der Waals surface area contributed by atoms with Crippen molar-refractivity contribution in [2.75, 3.05) is 31.6 Å². The molecule has 32 heavy (non-hydrogen) atoms. The van der Waals surface area contributed by atoms with Crippen molar-refractivity contribution in [3.05, 3.63) is 65.8 Å². The van der Waals surface area contributed by atoms with Crippen molar-refractivity contribution in [3.63, 3.8) is 0 Å². The minimum Gasteiger partial charge on any atom is -0.492 e. The maximum atomic E-state index is 13.1. The Hall–Kier alpha value is -3.39. The number of carbonyl (C=O) groups excluding carboxylic acids is 1. The number of nitrogens with zero attached hydrogens (tertiary/aromatic N) is 4. The molecule has 1 aliphatic heterocycles. The first-order valence-electron chi connectivity index (χ1n) is 10.7. The van der Waals surface area contributed by atoms with Crippen molar-refractivity contribution >= 4 is 11.6 Å².